The SMILES string of the molecule is Cn1cc(NC(=O)NC(=O)CCl)c(S(=O)(=O)N2CCOCC2)c1. The zero-order valence-electron chi connectivity index (χ0n) is 12.4. The van der Waals surface area contributed by atoms with E-state index < -0.39 is 22.0 Å². The lowest BCUT2D eigenvalue weighted by Crippen LogP contribution is -2.41. The summed E-state index contributed by atoms with van der Waals surface area (Å²) in [6.07, 6.45) is 2.84. The summed E-state index contributed by atoms with van der Waals surface area (Å²) in [7, 11) is -2.14. The second-order valence-corrected chi connectivity index (χ2v) is 7.03. The van der Waals surface area contributed by atoms with Crippen LogP contribution in [0.3, 0.4) is 0 Å². The molecule has 0 saturated carbocycles. The highest BCUT2D eigenvalue weighted by Crippen LogP contribution is 2.26. The molecule has 23 heavy (non-hydrogen) atoms. The monoisotopic (exact) mass is 364 g/mol. The number of nitrogens with zero attached hydrogens (tertiary/aromatic N) is 2. The number of carbonyl (C=O) groups is 2. The molecule has 3 amide bonds. The molecule has 1 aromatic rings. The van der Waals surface area contributed by atoms with Crippen molar-refractivity contribution in [2.24, 2.45) is 7.05 Å². The Morgan fingerprint density at radius 2 is 1.96 bits per heavy atom. The van der Waals surface area contributed by atoms with Gasteiger partial charge >= 0.3 is 6.03 Å². The Kier molecular flexibility index (Phi) is 5.63. The first-order chi connectivity index (χ1) is 10.8. The van der Waals surface area contributed by atoms with Crippen molar-refractivity contribution in [1.29, 1.82) is 0 Å². The molecule has 0 aromatic carbocycles. The molecular weight excluding hydrogens is 348 g/mol. The van der Waals surface area contributed by atoms with Crippen molar-refractivity contribution in [1.82, 2.24) is 14.2 Å². The molecule has 0 radical (unpaired) electrons. The Morgan fingerprint density at radius 3 is 2.57 bits per heavy atom. The van der Waals surface area contributed by atoms with Gasteiger partial charge in [0.05, 0.1) is 18.9 Å². The van der Waals surface area contributed by atoms with Gasteiger partial charge in [-0.15, -0.1) is 11.6 Å². The van der Waals surface area contributed by atoms with Gasteiger partial charge in [-0.1, -0.05) is 0 Å². The van der Waals surface area contributed by atoms with Gasteiger partial charge in [-0.2, -0.15) is 4.31 Å². The largest absolute Gasteiger partial charge is 0.379 e. The average molecular weight is 365 g/mol. The molecule has 128 valence electrons. The first-order valence-electron chi connectivity index (χ1n) is 6.75. The third-order valence-corrected chi connectivity index (χ3v) is 5.30. The van der Waals surface area contributed by atoms with Gasteiger partial charge in [-0.3, -0.25) is 10.1 Å². The number of nitrogens with one attached hydrogen (secondary N) is 2. The fourth-order valence-corrected chi connectivity index (χ4v) is 3.75. The molecule has 11 heteroatoms. The molecule has 1 aliphatic rings. The van der Waals surface area contributed by atoms with Crippen LogP contribution in [0.2, 0.25) is 0 Å². The summed E-state index contributed by atoms with van der Waals surface area (Å²) >= 11 is 5.30. The highest BCUT2D eigenvalue weighted by atomic mass is 35.5. The third-order valence-electron chi connectivity index (χ3n) is 3.13. The second-order valence-electron chi connectivity index (χ2n) is 4.85. The van der Waals surface area contributed by atoms with Gasteiger partial charge in [0, 0.05) is 32.5 Å². The number of hydrogen-bond acceptors (Lipinski definition) is 5. The minimum atomic E-state index is -3.77. The van der Waals surface area contributed by atoms with E-state index in [9.17, 15) is 18.0 Å². The van der Waals surface area contributed by atoms with Gasteiger partial charge in [0.25, 0.3) is 0 Å². The number of imide groups is 1. The maximum absolute atomic E-state index is 12.7. The van der Waals surface area contributed by atoms with Crippen LogP contribution in [-0.4, -0.2) is 61.4 Å². The van der Waals surface area contributed by atoms with E-state index in [1.807, 2.05) is 5.32 Å². The van der Waals surface area contributed by atoms with E-state index in [1.54, 1.807) is 7.05 Å². The number of ether oxygens (including phenoxy) is 1. The molecule has 1 aliphatic heterocycles. The lowest BCUT2D eigenvalue weighted by Gasteiger charge is -2.26. The molecule has 2 heterocycles. The maximum Gasteiger partial charge on any atom is 0.325 e. The Bertz CT molecular complexity index is 696. The number of alkyl halides is 1. The smallest absolute Gasteiger partial charge is 0.325 e. The Labute approximate surface area is 138 Å². The summed E-state index contributed by atoms with van der Waals surface area (Å²) < 4.78 is 33.3. The minimum absolute atomic E-state index is 0.0460. The van der Waals surface area contributed by atoms with E-state index >= 15 is 0 Å². The molecule has 0 bridgehead atoms. The lowest BCUT2D eigenvalue weighted by molar-refractivity contribution is -0.117. The summed E-state index contributed by atoms with van der Waals surface area (Å²) in [6, 6.07) is -0.847. The van der Waals surface area contributed by atoms with E-state index in [-0.39, 0.29) is 29.6 Å². The number of aryl methyl sites for hydroxylation is 1. The quantitative estimate of drug-likeness (QED) is 0.727. The number of hydrogen-bond donors (Lipinski definition) is 2. The van der Waals surface area contributed by atoms with Crippen LogP contribution in [0.15, 0.2) is 17.3 Å². The lowest BCUT2D eigenvalue weighted by atomic mass is 10.5. The standard InChI is InChI=1S/C12H17ClN4O5S/c1-16-7-9(14-12(19)15-11(18)6-13)10(8-16)23(20,21)17-2-4-22-5-3-17/h7-8H,2-6H2,1H3,(H2,14,15,18,19). The molecule has 2 N–H and O–H groups in total. The summed E-state index contributed by atoms with van der Waals surface area (Å²) in [5.74, 6) is -1.06. The number of carbonyl (C=O) groups excluding carboxylic acids is 2. The number of rotatable bonds is 4. The minimum Gasteiger partial charge on any atom is -0.379 e. The van der Waals surface area contributed by atoms with Crippen molar-refractivity contribution < 1.29 is 22.7 Å². The van der Waals surface area contributed by atoms with Crippen LogP contribution >= 0.6 is 11.6 Å². The van der Waals surface area contributed by atoms with Crippen LogP contribution < -0.4 is 10.6 Å². The number of morpholine rings is 1. The van der Waals surface area contributed by atoms with Gasteiger partial charge in [0.1, 0.15) is 10.8 Å². The van der Waals surface area contributed by atoms with E-state index in [1.165, 1.54) is 21.3 Å². The van der Waals surface area contributed by atoms with E-state index in [2.05, 4.69) is 5.32 Å². The molecular formula is C12H17ClN4O5S. The zero-order chi connectivity index (χ0) is 17.0. The third kappa shape index (κ3) is 4.22. The predicted molar refractivity (Wildman–Crippen MR) is 82.9 cm³/mol. The average Bonchev–Trinajstić information content (AvgIpc) is 2.89. The van der Waals surface area contributed by atoms with Gasteiger partial charge in [0.15, 0.2) is 0 Å². The molecule has 0 aliphatic carbocycles. The van der Waals surface area contributed by atoms with E-state index in [0.717, 1.165) is 0 Å². The van der Waals surface area contributed by atoms with Crippen LogP contribution in [0.25, 0.3) is 0 Å². The van der Waals surface area contributed by atoms with Crippen molar-refractivity contribution in [2.75, 3.05) is 37.5 Å². The Hall–Kier alpha value is -1.62. The highest BCUT2D eigenvalue weighted by Gasteiger charge is 2.30. The number of sulfonamides is 1. The molecule has 0 spiro atoms. The topological polar surface area (TPSA) is 110 Å². The molecule has 1 aromatic heterocycles. The van der Waals surface area contributed by atoms with Crippen molar-refractivity contribution in [2.45, 2.75) is 4.90 Å². The maximum atomic E-state index is 12.7. The summed E-state index contributed by atoms with van der Waals surface area (Å²) in [5.41, 5.74) is 0.0823. The normalized spacial score (nSPS) is 16.1. The Balaban J connectivity index is 2.22. The van der Waals surface area contributed by atoms with E-state index in [4.69, 9.17) is 16.3 Å². The van der Waals surface area contributed by atoms with Crippen LogP contribution in [0.4, 0.5) is 10.5 Å². The summed E-state index contributed by atoms with van der Waals surface area (Å²) in [5, 5.41) is 4.34. The van der Waals surface area contributed by atoms with Gasteiger partial charge < -0.3 is 14.6 Å². The second kappa shape index (κ2) is 7.30. The summed E-state index contributed by atoms with van der Waals surface area (Å²) in [6.45, 7) is 1.13. The molecule has 2 rings (SSSR count). The van der Waals surface area contributed by atoms with Gasteiger partial charge in [-0.25, -0.2) is 13.2 Å². The first kappa shape index (κ1) is 17.7. The van der Waals surface area contributed by atoms with Crippen molar-refractivity contribution in [3.63, 3.8) is 0 Å². The zero-order valence-corrected chi connectivity index (χ0v) is 14.0. The number of urea groups is 1. The fourth-order valence-electron chi connectivity index (χ4n) is 2.10. The molecule has 0 atom stereocenters. The van der Waals surface area contributed by atoms with Gasteiger partial charge in [0.2, 0.25) is 15.9 Å². The number of amides is 3. The van der Waals surface area contributed by atoms with Crippen molar-refractivity contribution in [3.8, 4) is 0 Å². The molecule has 1 fully saturated rings. The van der Waals surface area contributed by atoms with Crippen LogP contribution in [0, 0.1) is 0 Å². The molecule has 0 unspecified atom stereocenters. The van der Waals surface area contributed by atoms with Crippen LogP contribution in [0.5, 0.6) is 0 Å². The molecule has 9 nitrogen and oxygen atoms in total. The van der Waals surface area contributed by atoms with Crippen molar-refractivity contribution >= 4 is 39.2 Å². The Morgan fingerprint density at radius 1 is 1.30 bits per heavy atom. The number of anilines is 1. The van der Waals surface area contributed by atoms with E-state index in [0.29, 0.717) is 13.2 Å². The number of aromatic nitrogens is 1. The molecule has 1 saturated heterocycles. The van der Waals surface area contributed by atoms with Crippen LogP contribution in [0.1, 0.15) is 0 Å². The summed E-state index contributed by atoms with van der Waals surface area (Å²) in [4.78, 5) is 22.8. The van der Waals surface area contributed by atoms with Crippen LogP contribution in [-0.2, 0) is 26.6 Å². The van der Waals surface area contributed by atoms with Crippen molar-refractivity contribution in [3.05, 3.63) is 12.4 Å². The fraction of sp³-hybridized carbons (Fsp3) is 0.500. The highest BCUT2D eigenvalue weighted by molar-refractivity contribution is 7.89. The number of halogens is 1. The predicted octanol–water partition coefficient (Wildman–Crippen LogP) is -0.0671. The first-order valence-corrected chi connectivity index (χ1v) is 8.72. The van der Waals surface area contributed by atoms with Gasteiger partial charge in [-0.05, 0) is 0 Å².